The van der Waals surface area contributed by atoms with E-state index in [1.165, 1.54) is 6.07 Å². The number of amides is 1. The molecule has 8 heteroatoms. The van der Waals surface area contributed by atoms with Crippen LogP contribution in [0.15, 0.2) is 54.0 Å². The van der Waals surface area contributed by atoms with Crippen molar-refractivity contribution in [3.8, 4) is 0 Å². The van der Waals surface area contributed by atoms with Crippen molar-refractivity contribution in [1.29, 1.82) is 0 Å². The fraction of sp³-hybridized carbons (Fsp3) is 0.250. The van der Waals surface area contributed by atoms with Gasteiger partial charge in [0.2, 0.25) is 11.9 Å². The summed E-state index contributed by atoms with van der Waals surface area (Å²) >= 11 is 1.62. The molecule has 144 valence electrons. The van der Waals surface area contributed by atoms with Crippen LogP contribution in [-0.2, 0) is 11.3 Å². The molecule has 1 aliphatic heterocycles. The third-order valence-corrected chi connectivity index (χ3v) is 5.49. The van der Waals surface area contributed by atoms with Crippen LogP contribution in [0.5, 0.6) is 0 Å². The van der Waals surface area contributed by atoms with Crippen LogP contribution in [0.25, 0.3) is 0 Å². The average molecular weight is 397 g/mol. The lowest BCUT2D eigenvalue weighted by atomic mass is 10.2. The molecule has 4 rings (SSSR count). The number of rotatable bonds is 6. The fourth-order valence-electron chi connectivity index (χ4n) is 3.24. The molecular weight excluding hydrogens is 377 g/mol. The van der Waals surface area contributed by atoms with Gasteiger partial charge in [0.15, 0.2) is 0 Å². The zero-order valence-corrected chi connectivity index (χ0v) is 16.0. The molecule has 1 amide bonds. The highest BCUT2D eigenvalue weighted by molar-refractivity contribution is 7.09. The standard InChI is InChI=1S/C20H20FN5OS/c21-15-6-1-2-7-16(15)24-18-9-10-22-20(25-18)26-11-3-8-17(26)19(27)23-13-14-5-4-12-28-14/h1-2,4-7,9-10,12,17H,3,8,11,13H2,(H,23,27)(H,22,24,25). The van der Waals surface area contributed by atoms with Crippen molar-refractivity contribution in [2.75, 3.05) is 16.8 Å². The zero-order valence-electron chi connectivity index (χ0n) is 15.1. The van der Waals surface area contributed by atoms with Crippen molar-refractivity contribution in [1.82, 2.24) is 15.3 Å². The van der Waals surface area contributed by atoms with E-state index in [1.807, 2.05) is 22.4 Å². The first-order valence-corrected chi connectivity index (χ1v) is 10.00. The molecule has 0 bridgehead atoms. The van der Waals surface area contributed by atoms with Crippen molar-refractivity contribution < 1.29 is 9.18 Å². The molecule has 2 N–H and O–H groups in total. The third kappa shape index (κ3) is 4.12. The molecule has 1 saturated heterocycles. The molecule has 0 saturated carbocycles. The molecule has 1 fully saturated rings. The Balaban J connectivity index is 1.46. The van der Waals surface area contributed by atoms with E-state index in [1.54, 1.807) is 41.8 Å². The summed E-state index contributed by atoms with van der Waals surface area (Å²) in [5.41, 5.74) is 0.346. The highest BCUT2D eigenvalue weighted by Gasteiger charge is 2.32. The van der Waals surface area contributed by atoms with Crippen LogP contribution in [0.3, 0.4) is 0 Å². The number of carbonyl (C=O) groups is 1. The molecule has 28 heavy (non-hydrogen) atoms. The first-order chi connectivity index (χ1) is 13.7. The summed E-state index contributed by atoms with van der Waals surface area (Å²) in [4.78, 5) is 24.5. The summed E-state index contributed by atoms with van der Waals surface area (Å²) in [5.74, 6) is 0.575. The third-order valence-electron chi connectivity index (χ3n) is 4.61. The number of hydrogen-bond donors (Lipinski definition) is 2. The van der Waals surface area contributed by atoms with E-state index in [0.29, 0.717) is 30.5 Å². The molecule has 3 heterocycles. The van der Waals surface area contributed by atoms with Crippen LogP contribution in [0.2, 0.25) is 0 Å². The van der Waals surface area contributed by atoms with Gasteiger partial charge in [-0.15, -0.1) is 11.3 Å². The van der Waals surface area contributed by atoms with Crippen molar-refractivity contribution in [3.05, 3.63) is 64.7 Å². The maximum atomic E-state index is 13.9. The minimum atomic E-state index is -0.352. The molecule has 3 aromatic rings. The molecule has 1 unspecified atom stereocenters. The van der Waals surface area contributed by atoms with Gasteiger partial charge in [0.05, 0.1) is 12.2 Å². The van der Waals surface area contributed by atoms with Crippen LogP contribution >= 0.6 is 11.3 Å². The first-order valence-electron chi connectivity index (χ1n) is 9.12. The van der Waals surface area contributed by atoms with Gasteiger partial charge in [-0.05, 0) is 42.5 Å². The van der Waals surface area contributed by atoms with Gasteiger partial charge < -0.3 is 15.5 Å². The summed E-state index contributed by atoms with van der Waals surface area (Å²) in [5, 5.41) is 7.96. The Labute approximate surface area is 166 Å². The number of thiophene rings is 1. The smallest absolute Gasteiger partial charge is 0.243 e. The van der Waals surface area contributed by atoms with E-state index in [0.717, 1.165) is 17.7 Å². The van der Waals surface area contributed by atoms with Gasteiger partial charge in [0.25, 0.3) is 0 Å². The van der Waals surface area contributed by atoms with Gasteiger partial charge >= 0.3 is 0 Å². The molecular formula is C20H20FN5OS. The number of aromatic nitrogens is 2. The highest BCUT2D eigenvalue weighted by atomic mass is 32.1. The summed E-state index contributed by atoms with van der Waals surface area (Å²) in [6, 6.07) is 11.8. The number of benzene rings is 1. The fourth-order valence-corrected chi connectivity index (χ4v) is 3.89. The largest absolute Gasteiger partial charge is 0.349 e. The minimum Gasteiger partial charge on any atom is -0.349 e. The molecule has 2 aromatic heterocycles. The summed E-state index contributed by atoms with van der Waals surface area (Å²) < 4.78 is 13.9. The van der Waals surface area contributed by atoms with Crippen molar-refractivity contribution in [3.63, 3.8) is 0 Å². The van der Waals surface area contributed by atoms with E-state index in [2.05, 4.69) is 20.6 Å². The molecule has 1 aliphatic rings. The van der Waals surface area contributed by atoms with Crippen molar-refractivity contribution >= 4 is 34.7 Å². The Morgan fingerprint density at radius 1 is 1.25 bits per heavy atom. The van der Waals surface area contributed by atoms with Crippen molar-refractivity contribution in [2.24, 2.45) is 0 Å². The zero-order chi connectivity index (χ0) is 19.3. The molecule has 0 spiro atoms. The van der Waals surface area contributed by atoms with Gasteiger partial charge in [-0.2, -0.15) is 4.98 Å². The predicted molar refractivity (Wildman–Crippen MR) is 108 cm³/mol. The molecule has 6 nitrogen and oxygen atoms in total. The van der Waals surface area contributed by atoms with E-state index < -0.39 is 0 Å². The normalized spacial score (nSPS) is 16.2. The van der Waals surface area contributed by atoms with Crippen LogP contribution in [0.4, 0.5) is 21.8 Å². The predicted octanol–water partition coefficient (Wildman–Crippen LogP) is 3.71. The SMILES string of the molecule is O=C(NCc1cccs1)C1CCCN1c1nccc(Nc2ccccc2F)n1. The van der Waals surface area contributed by atoms with Gasteiger partial charge in [0, 0.05) is 17.6 Å². The summed E-state index contributed by atoms with van der Waals surface area (Å²) in [7, 11) is 0. The van der Waals surface area contributed by atoms with E-state index in [4.69, 9.17) is 0 Å². The Morgan fingerprint density at radius 3 is 2.96 bits per heavy atom. The van der Waals surface area contributed by atoms with Gasteiger partial charge in [-0.3, -0.25) is 4.79 Å². The topological polar surface area (TPSA) is 70.2 Å². The maximum Gasteiger partial charge on any atom is 0.243 e. The summed E-state index contributed by atoms with van der Waals surface area (Å²) in [6.45, 7) is 1.23. The van der Waals surface area contributed by atoms with E-state index >= 15 is 0 Å². The number of para-hydroxylation sites is 1. The average Bonchev–Trinajstić information content (AvgIpc) is 3.40. The minimum absolute atomic E-state index is 0.0260. The Kier molecular flexibility index (Phi) is 5.48. The molecule has 0 aliphatic carbocycles. The molecule has 1 atom stereocenters. The molecule has 1 aromatic carbocycles. The first kappa shape index (κ1) is 18.4. The second kappa shape index (κ2) is 8.35. The highest BCUT2D eigenvalue weighted by Crippen LogP contribution is 2.25. The number of anilines is 3. The lowest BCUT2D eigenvalue weighted by molar-refractivity contribution is -0.122. The number of nitrogens with one attached hydrogen (secondary N) is 2. The van der Waals surface area contributed by atoms with E-state index in [9.17, 15) is 9.18 Å². The number of carbonyl (C=O) groups excluding carboxylic acids is 1. The lowest BCUT2D eigenvalue weighted by Crippen LogP contribution is -2.43. The van der Waals surface area contributed by atoms with Gasteiger partial charge in [0.1, 0.15) is 17.7 Å². The van der Waals surface area contributed by atoms with Crippen LogP contribution in [-0.4, -0.2) is 28.5 Å². The Bertz CT molecular complexity index is 949. The van der Waals surface area contributed by atoms with Gasteiger partial charge in [-0.25, -0.2) is 9.37 Å². The van der Waals surface area contributed by atoms with Crippen LogP contribution in [0.1, 0.15) is 17.7 Å². The lowest BCUT2D eigenvalue weighted by Gasteiger charge is -2.24. The Hall–Kier alpha value is -3.00. The van der Waals surface area contributed by atoms with Crippen molar-refractivity contribution in [2.45, 2.75) is 25.4 Å². The quantitative estimate of drug-likeness (QED) is 0.664. The second-order valence-electron chi connectivity index (χ2n) is 6.50. The maximum absolute atomic E-state index is 13.9. The summed E-state index contributed by atoms with van der Waals surface area (Å²) in [6.07, 6.45) is 3.26. The molecule has 0 radical (unpaired) electrons. The van der Waals surface area contributed by atoms with Gasteiger partial charge in [-0.1, -0.05) is 18.2 Å². The number of hydrogen-bond acceptors (Lipinski definition) is 6. The van der Waals surface area contributed by atoms with E-state index in [-0.39, 0.29) is 17.8 Å². The number of halogens is 1. The Morgan fingerprint density at radius 2 is 2.14 bits per heavy atom. The number of nitrogens with zero attached hydrogens (tertiary/aromatic N) is 3. The monoisotopic (exact) mass is 397 g/mol. The van der Waals surface area contributed by atoms with Crippen LogP contribution in [0, 0.1) is 5.82 Å². The second-order valence-corrected chi connectivity index (χ2v) is 7.53. The van der Waals surface area contributed by atoms with Crippen LogP contribution < -0.4 is 15.5 Å².